The van der Waals surface area contributed by atoms with Crippen molar-refractivity contribution in [1.29, 1.82) is 0 Å². The quantitative estimate of drug-likeness (QED) is 0.560. The van der Waals surface area contributed by atoms with E-state index in [2.05, 4.69) is 15.5 Å². The zero-order valence-electron chi connectivity index (χ0n) is 12.0. The molecule has 2 aromatic carbocycles. The maximum atomic E-state index is 13.0. The van der Waals surface area contributed by atoms with E-state index in [0.29, 0.717) is 5.82 Å². The molecule has 4 rings (SSSR count). The van der Waals surface area contributed by atoms with Gasteiger partial charge in [-0.15, -0.1) is 21.5 Å². The van der Waals surface area contributed by atoms with Crippen molar-refractivity contribution in [2.75, 3.05) is 5.32 Å². The summed E-state index contributed by atoms with van der Waals surface area (Å²) in [6.45, 7) is 0. The minimum absolute atomic E-state index is 0.264. The van der Waals surface area contributed by atoms with E-state index in [1.807, 2.05) is 41.8 Å². The van der Waals surface area contributed by atoms with Crippen LogP contribution in [0.4, 0.5) is 15.9 Å². The minimum Gasteiger partial charge on any atom is -0.338 e. The lowest BCUT2D eigenvalue weighted by molar-refractivity contribution is 0.628. The molecule has 0 aliphatic rings. The highest BCUT2D eigenvalue weighted by atomic mass is 32.1. The number of nitrogens with one attached hydrogen (secondary N) is 1. The highest BCUT2D eigenvalue weighted by Gasteiger charge is 2.11. The van der Waals surface area contributed by atoms with Crippen LogP contribution in [0.1, 0.15) is 0 Å². The molecule has 0 spiro atoms. The van der Waals surface area contributed by atoms with Crippen LogP contribution in [0.25, 0.3) is 21.3 Å². The average molecular weight is 321 g/mol. The second kappa shape index (κ2) is 5.78. The monoisotopic (exact) mass is 321 g/mol. The Bertz CT molecular complexity index is 950. The summed E-state index contributed by atoms with van der Waals surface area (Å²) in [6, 6.07) is 18.2. The van der Waals surface area contributed by atoms with E-state index in [9.17, 15) is 4.39 Å². The van der Waals surface area contributed by atoms with Crippen LogP contribution in [-0.2, 0) is 0 Å². The number of thiophene rings is 1. The van der Waals surface area contributed by atoms with Crippen LogP contribution >= 0.6 is 11.3 Å². The fourth-order valence-electron chi connectivity index (χ4n) is 2.46. The van der Waals surface area contributed by atoms with Gasteiger partial charge in [-0.05, 0) is 35.7 Å². The van der Waals surface area contributed by atoms with E-state index >= 15 is 0 Å². The Balaban J connectivity index is 1.82. The second-order valence-electron chi connectivity index (χ2n) is 5.05. The Morgan fingerprint density at radius 1 is 0.826 bits per heavy atom. The van der Waals surface area contributed by atoms with Crippen molar-refractivity contribution < 1.29 is 4.39 Å². The normalized spacial score (nSPS) is 10.8. The summed E-state index contributed by atoms with van der Waals surface area (Å²) in [4.78, 5) is 1.09. The highest BCUT2D eigenvalue weighted by molar-refractivity contribution is 7.13. The molecule has 1 N–H and O–H groups in total. The molecule has 0 saturated carbocycles. The van der Waals surface area contributed by atoms with Crippen LogP contribution in [0.3, 0.4) is 0 Å². The SMILES string of the molecule is Fc1ccc(Nc2nnc(-c3cccs3)c3ccccc23)cc1. The zero-order chi connectivity index (χ0) is 15.6. The smallest absolute Gasteiger partial charge is 0.161 e. The molecule has 23 heavy (non-hydrogen) atoms. The number of nitrogens with zero attached hydrogens (tertiary/aromatic N) is 2. The Labute approximate surface area is 136 Å². The van der Waals surface area contributed by atoms with Gasteiger partial charge in [0, 0.05) is 16.5 Å². The number of benzene rings is 2. The lowest BCUT2D eigenvalue weighted by Gasteiger charge is -2.10. The van der Waals surface area contributed by atoms with Crippen molar-refractivity contribution >= 4 is 33.6 Å². The molecular formula is C18H12FN3S. The second-order valence-corrected chi connectivity index (χ2v) is 6.00. The Morgan fingerprint density at radius 2 is 1.61 bits per heavy atom. The van der Waals surface area contributed by atoms with E-state index < -0.39 is 0 Å². The van der Waals surface area contributed by atoms with Gasteiger partial charge in [0.15, 0.2) is 5.82 Å². The molecule has 0 aliphatic heterocycles. The first kappa shape index (κ1) is 13.8. The lowest BCUT2D eigenvalue weighted by Crippen LogP contribution is -1.98. The molecule has 4 aromatic rings. The fraction of sp³-hybridized carbons (Fsp3) is 0. The Hall–Kier alpha value is -2.79. The molecule has 0 atom stereocenters. The Morgan fingerprint density at radius 3 is 2.35 bits per heavy atom. The van der Waals surface area contributed by atoms with Gasteiger partial charge in [0.05, 0.1) is 4.88 Å². The predicted octanol–water partition coefficient (Wildman–Crippen LogP) is 5.24. The van der Waals surface area contributed by atoms with Crippen molar-refractivity contribution in [3.63, 3.8) is 0 Å². The number of hydrogen-bond acceptors (Lipinski definition) is 4. The number of rotatable bonds is 3. The third kappa shape index (κ3) is 2.66. The van der Waals surface area contributed by atoms with Crippen molar-refractivity contribution in [3.05, 3.63) is 71.9 Å². The molecular weight excluding hydrogens is 309 g/mol. The third-order valence-corrected chi connectivity index (χ3v) is 4.43. The van der Waals surface area contributed by atoms with Gasteiger partial charge in [0.2, 0.25) is 0 Å². The van der Waals surface area contributed by atoms with E-state index in [1.165, 1.54) is 12.1 Å². The van der Waals surface area contributed by atoms with Crippen molar-refractivity contribution in [1.82, 2.24) is 10.2 Å². The summed E-state index contributed by atoms with van der Waals surface area (Å²) in [5.74, 6) is 0.395. The standard InChI is InChI=1S/C18H12FN3S/c19-12-7-9-13(10-8-12)20-18-15-5-2-1-4-14(15)17(21-22-18)16-6-3-11-23-16/h1-11H,(H,20,22). The van der Waals surface area contributed by atoms with E-state index in [-0.39, 0.29) is 5.82 Å². The third-order valence-electron chi connectivity index (χ3n) is 3.55. The minimum atomic E-state index is -0.264. The molecule has 2 heterocycles. The van der Waals surface area contributed by atoms with Gasteiger partial charge in [-0.3, -0.25) is 0 Å². The zero-order valence-corrected chi connectivity index (χ0v) is 12.8. The number of aromatic nitrogens is 2. The van der Waals surface area contributed by atoms with Gasteiger partial charge in [-0.25, -0.2) is 4.39 Å². The summed E-state index contributed by atoms with van der Waals surface area (Å²) in [5, 5.41) is 16.0. The number of fused-ring (bicyclic) bond motifs is 1. The van der Waals surface area contributed by atoms with Gasteiger partial charge < -0.3 is 5.32 Å². The van der Waals surface area contributed by atoms with Crippen LogP contribution in [0, 0.1) is 5.82 Å². The molecule has 0 amide bonds. The molecule has 112 valence electrons. The number of anilines is 2. The topological polar surface area (TPSA) is 37.8 Å². The maximum absolute atomic E-state index is 13.0. The van der Waals surface area contributed by atoms with Crippen LogP contribution in [0.15, 0.2) is 66.0 Å². The Kier molecular flexibility index (Phi) is 3.48. The summed E-state index contributed by atoms with van der Waals surface area (Å²) in [6.07, 6.45) is 0. The van der Waals surface area contributed by atoms with Gasteiger partial charge in [0.1, 0.15) is 11.5 Å². The molecule has 2 aromatic heterocycles. The van der Waals surface area contributed by atoms with Crippen molar-refractivity contribution in [3.8, 4) is 10.6 Å². The van der Waals surface area contributed by atoms with Gasteiger partial charge in [-0.1, -0.05) is 30.3 Å². The molecule has 0 radical (unpaired) electrons. The van der Waals surface area contributed by atoms with E-state index in [1.54, 1.807) is 23.5 Å². The van der Waals surface area contributed by atoms with Crippen LogP contribution in [0.5, 0.6) is 0 Å². The van der Waals surface area contributed by atoms with Gasteiger partial charge >= 0.3 is 0 Å². The van der Waals surface area contributed by atoms with Crippen molar-refractivity contribution in [2.45, 2.75) is 0 Å². The fourth-order valence-corrected chi connectivity index (χ4v) is 3.18. The molecule has 0 aliphatic carbocycles. The number of halogens is 1. The molecule has 0 fully saturated rings. The predicted molar refractivity (Wildman–Crippen MR) is 92.5 cm³/mol. The summed E-state index contributed by atoms with van der Waals surface area (Å²) in [7, 11) is 0. The van der Waals surface area contributed by atoms with Gasteiger partial charge in [0.25, 0.3) is 0 Å². The number of hydrogen-bond donors (Lipinski definition) is 1. The van der Waals surface area contributed by atoms with Crippen LogP contribution < -0.4 is 5.32 Å². The largest absolute Gasteiger partial charge is 0.338 e. The molecule has 0 saturated heterocycles. The van der Waals surface area contributed by atoms with E-state index in [4.69, 9.17) is 0 Å². The summed E-state index contributed by atoms with van der Waals surface area (Å²) < 4.78 is 13.0. The summed E-state index contributed by atoms with van der Waals surface area (Å²) >= 11 is 1.64. The molecule has 0 unspecified atom stereocenters. The molecule has 5 heteroatoms. The van der Waals surface area contributed by atoms with Crippen LogP contribution in [0.2, 0.25) is 0 Å². The first-order valence-electron chi connectivity index (χ1n) is 7.13. The van der Waals surface area contributed by atoms with E-state index in [0.717, 1.165) is 27.0 Å². The molecule has 3 nitrogen and oxygen atoms in total. The van der Waals surface area contributed by atoms with Crippen molar-refractivity contribution in [2.24, 2.45) is 0 Å². The first-order valence-corrected chi connectivity index (χ1v) is 8.01. The summed E-state index contributed by atoms with van der Waals surface area (Å²) in [5.41, 5.74) is 1.65. The maximum Gasteiger partial charge on any atom is 0.161 e. The first-order chi connectivity index (χ1) is 11.3. The highest BCUT2D eigenvalue weighted by Crippen LogP contribution is 2.32. The molecule has 0 bridgehead atoms. The average Bonchev–Trinajstić information content (AvgIpc) is 3.11. The lowest BCUT2D eigenvalue weighted by atomic mass is 10.1. The van der Waals surface area contributed by atoms with Crippen LogP contribution in [-0.4, -0.2) is 10.2 Å². The van der Waals surface area contributed by atoms with Gasteiger partial charge in [-0.2, -0.15) is 0 Å².